The molecule has 0 spiro atoms. The van der Waals surface area contributed by atoms with Crippen LogP contribution in [0.3, 0.4) is 0 Å². The van der Waals surface area contributed by atoms with Crippen LogP contribution in [0.5, 0.6) is 5.75 Å². The number of methoxy groups -OCH3 is 1. The second-order valence-corrected chi connectivity index (χ2v) is 5.03. The molecule has 1 heterocycles. The number of benzene rings is 1. The molecule has 0 unspecified atom stereocenters. The van der Waals surface area contributed by atoms with Gasteiger partial charge in [0, 0.05) is 0 Å². The molecule has 0 saturated heterocycles. The van der Waals surface area contributed by atoms with Gasteiger partial charge in [-0.15, -0.1) is 0 Å². The van der Waals surface area contributed by atoms with E-state index in [4.69, 9.17) is 9.15 Å². The van der Waals surface area contributed by atoms with Crippen LogP contribution in [0.4, 0.5) is 0 Å². The van der Waals surface area contributed by atoms with Crippen molar-refractivity contribution in [2.24, 2.45) is 5.10 Å². The highest BCUT2D eigenvalue weighted by Gasteiger charge is 2.03. The standard InChI is InChI=1S/C14H13IN2O3/c1-19-11-4-2-3-10(7-11)8-14(18)17-16-9-12-5-6-13(15)20-12/h2-7,9H,8H2,1H3,(H,17,18)/b16-9+. The van der Waals surface area contributed by atoms with E-state index in [1.54, 1.807) is 13.2 Å². The highest BCUT2D eigenvalue weighted by molar-refractivity contribution is 14.1. The predicted molar refractivity (Wildman–Crippen MR) is 83.9 cm³/mol. The molecular formula is C14H13IN2O3. The van der Waals surface area contributed by atoms with Gasteiger partial charge in [0.05, 0.1) is 19.7 Å². The molecule has 0 fully saturated rings. The molecule has 6 heteroatoms. The molecular weight excluding hydrogens is 371 g/mol. The van der Waals surface area contributed by atoms with Crippen molar-refractivity contribution in [1.82, 2.24) is 5.43 Å². The molecule has 2 rings (SSSR count). The zero-order chi connectivity index (χ0) is 14.4. The Hall–Kier alpha value is -1.83. The number of hydrazone groups is 1. The van der Waals surface area contributed by atoms with Crippen LogP contribution in [0.15, 0.2) is 45.9 Å². The smallest absolute Gasteiger partial charge is 0.244 e. The molecule has 0 radical (unpaired) electrons. The highest BCUT2D eigenvalue weighted by Crippen LogP contribution is 2.12. The topological polar surface area (TPSA) is 63.8 Å². The average Bonchev–Trinajstić information content (AvgIpc) is 2.84. The molecule has 5 nitrogen and oxygen atoms in total. The third-order valence-corrected chi connectivity index (χ3v) is 3.05. The van der Waals surface area contributed by atoms with Crippen molar-refractivity contribution in [3.05, 3.63) is 51.5 Å². The first-order valence-electron chi connectivity index (χ1n) is 5.87. The maximum atomic E-state index is 11.7. The first-order valence-corrected chi connectivity index (χ1v) is 6.95. The van der Waals surface area contributed by atoms with E-state index < -0.39 is 0 Å². The Morgan fingerprint density at radius 2 is 2.30 bits per heavy atom. The molecule has 20 heavy (non-hydrogen) atoms. The van der Waals surface area contributed by atoms with Crippen LogP contribution in [0.2, 0.25) is 0 Å². The van der Waals surface area contributed by atoms with Gasteiger partial charge in [-0.1, -0.05) is 12.1 Å². The summed E-state index contributed by atoms with van der Waals surface area (Å²) in [5.74, 6) is 1.12. The Morgan fingerprint density at radius 1 is 1.45 bits per heavy atom. The van der Waals surface area contributed by atoms with Crippen molar-refractivity contribution >= 4 is 34.7 Å². The van der Waals surface area contributed by atoms with E-state index in [1.165, 1.54) is 6.21 Å². The van der Waals surface area contributed by atoms with Gasteiger partial charge in [0.1, 0.15) is 11.5 Å². The SMILES string of the molecule is COc1cccc(CC(=O)N/N=C/c2ccc(I)o2)c1. The highest BCUT2D eigenvalue weighted by atomic mass is 127. The first kappa shape index (κ1) is 14.6. The van der Waals surface area contributed by atoms with Gasteiger partial charge >= 0.3 is 0 Å². The quantitative estimate of drug-likeness (QED) is 0.490. The molecule has 104 valence electrons. The van der Waals surface area contributed by atoms with Crippen LogP contribution in [-0.2, 0) is 11.2 Å². The van der Waals surface area contributed by atoms with Crippen LogP contribution in [0.25, 0.3) is 0 Å². The van der Waals surface area contributed by atoms with Crippen molar-refractivity contribution in [2.75, 3.05) is 7.11 Å². The molecule has 1 aromatic heterocycles. The molecule has 0 aliphatic carbocycles. The molecule has 0 bridgehead atoms. The van der Waals surface area contributed by atoms with Crippen LogP contribution in [-0.4, -0.2) is 19.2 Å². The monoisotopic (exact) mass is 384 g/mol. The Labute approximate surface area is 130 Å². The predicted octanol–water partition coefficient (Wildman–Crippen LogP) is 2.59. The number of nitrogens with one attached hydrogen (secondary N) is 1. The number of amides is 1. The van der Waals surface area contributed by atoms with E-state index in [2.05, 4.69) is 33.1 Å². The lowest BCUT2D eigenvalue weighted by atomic mass is 10.1. The molecule has 0 atom stereocenters. The fourth-order valence-corrected chi connectivity index (χ4v) is 2.01. The minimum Gasteiger partial charge on any atom is -0.497 e. The maximum Gasteiger partial charge on any atom is 0.244 e. The second-order valence-electron chi connectivity index (χ2n) is 3.96. The number of furan rings is 1. The van der Waals surface area contributed by atoms with Crippen molar-refractivity contribution < 1.29 is 13.9 Å². The number of nitrogens with zero attached hydrogens (tertiary/aromatic N) is 1. The van der Waals surface area contributed by atoms with E-state index >= 15 is 0 Å². The fraction of sp³-hybridized carbons (Fsp3) is 0.143. The molecule has 0 aliphatic heterocycles. The summed E-state index contributed by atoms with van der Waals surface area (Å²) < 4.78 is 11.2. The lowest BCUT2D eigenvalue weighted by Crippen LogP contribution is -2.19. The lowest BCUT2D eigenvalue weighted by molar-refractivity contribution is -0.120. The van der Waals surface area contributed by atoms with Gasteiger partial charge in [-0.3, -0.25) is 4.79 Å². The normalized spacial score (nSPS) is 10.7. The molecule has 0 aliphatic rings. The minimum absolute atomic E-state index is 0.198. The number of carbonyl (C=O) groups is 1. The van der Waals surface area contributed by atoms with Crippen molar-refractivity contribution in [3.8, 4) is 5.75 Å². The summed E-state index contributed by atoms with van der Waals surface area (Å²) in [7, 11) is 1.59. The van der Waals surface area contributed by atoms with Crippen molar-refractivity contribution in [3.63, 3.8) is 0 Å². The van der Waals surface area contributed by atoms with Gasteiger partial charge in [-0.2, -0.15) is 5.10 Å². The number of rotatable bonds is 5. The third-order valence-electron chi connectivity index (χ3n) is 2.47. The lowest BCUT2D eigenvalue weighted by Gasteiger charge is -2.03. The van der Waals surface area contributed by atoms with E-state index in [0.717, 1.165) is 15.1 Å². The number of halogens is 1. The molecule has 1 N–H and O–H groups in total. The van der Waals surface area contributed by atoms with Crippen molar-refractivity contribution in [2.45, 2.75) is 6.42 Å². The Kier molecular flexibility index (Phi) is 5.16. The second kappa shape index (κ2) is 7.09. The largest absolute Gasteiger partial charge is 0.497 e. The van der Waals surface area contributed by atoms with Gasteiger partial charge in [0.25, 0.3) is 0 Å². The number of hydrogen-bond acceptors (Lipinski definition) is 4. The van der Waals surface area contributed by atoms with Crippen LogP contribution in [0.1, 0.15) is 11.3 Å². The summed E-state index contributed by atoms with van der Waals surface area (Å²) in [6.07, 6.45) is 1.70. The van der Waals surface area contributed by atoms with Gasteiger partial charge in [0.2, 0.25) is 5.91 Å². The van der Waals surface area contributed by atoms with Crippen LogP contribution < -0.4 is 10.2 Å². The Bertz CT molecular complexity index is 622. The zero-order valence-electron chi connectivity index (χ0n) is 10.8. The first-order chi connectivity index (χ1) is 9.67. The van der Waals surface area contributed by atoms with E-state index in [0.29, 0.717) is 5.76 Å². The summed E-state index contributed by atoms with van der Waals surface area (Å²) in [4.78, 5) is 11.7. The van der Waals surface area contributed by atoms with Gasteiger partial charge < -0.3 is 9.15 Å². The molecule has 2 aromatic rings. The molecule has 1 amide bonds. The van der Waals surface area contributed by atoms with E-state index in [9.17, 15) is 4.79 Å². The summed E-state index contributed by atoms with van der Waals surface area (Å²) in [6, 6.07) is 11.0. The van der Waals surface area contributed by atoms with E-state index in [-0.39, 0.29) is 12.3 Å². The molecule has 1 aromatic carbocycles. The fourth-order valence-electron chi connectivity index (χ4n) is 1.57. The van der Waals surface area contributed by atoms with Crippen LogP contribution in [0, 0.1) is 3.77 Å². The van der Waals surface area contributed by atoms with E-state index in [1.807, 2.05) is 30.3 Å². The Balaban J connectivity index is 1.87. The maximum absolute atomic E-state index is 11.7. The average molecular weight is 384 g/mol. The van der Waals surface area contributed by atoms with Gasteiger partial charge in [-0.25, -0.2) is 5.43 Å². The van der Waals surface area contributed by atoms with Crippen LogP contribution >= 0.6 is 22.6 Å². The van der Waals surface area contributed by atoms with Gasteiger partial charge in [0.15, 0.2) is 3.77 Å². The number of carbonyl (C=O) groups excluding carboxylic acids is 1. The van der Waals surface area contributed by atoms with Crippen molar-refractivity contribution in [1.29, 1.82) is 0 Å². The molecule has 0 saturated carbocycles. The number of ether oxygens (including phenoxy) is 1. The zero-order valence-corrected chi connectivity index (χ0v) is 13.0. The number of hydrogen-bond donors (Lipinski definition) is 1. The summed E-state index contributed by atoms with van der Waals surface area (Å²) in [5.41, 5.74) is 3.32. The van der Waals surface area contributed by atoms with Gasteiger partial charge in [-0.05, 0) is 52.4 Å². The summed E-state index contributed by atoms with van der Waals surface area (Å²) >= 11 is 2.06. The Morgan fingerprint density at radius 3 is 3.00 bits per heavy atom. The minimum atomic E-state index is -0.198. The summed E-state index contributed by atoms with van der Waals surface area (Å²) in [5, 5.41) is 3.84. The summed E-state index contributed by atoms with van der Waals surface area (Å²) in [6.45, 7) is 0. The third kappa shape index (κ3) is 4.37.